The van der Waals surface area contributed by atoms with Crippen LogP contribution in [-0.4, -0.2) is 42.9 Å². The molecular weight excluding hydrogens is 348 g/mol. The Morgan fingerprint density at radius 3 is 2.89 bits per heavy atom. The second-order valence-corrected chi connectivity index (χ2v) is 7.64. The van der Waals surface area contributed by atoms with Crippen LogP contribution < -0.4 is 0 Å². The van der Waals surface area contributed by atoms with E-state index >= 15 is 0 Å². The number of imidazole rings is 1. The van der Waals surface area contributed by atoms with Gasteiger partial charge in [0.1, 0.15) is 5.69 Å². The fourth-order valence-corrected chi connectivity index (χ4v) is 4.25. The molecule has 2 N–H and O–H groups in total. The van der Waals surface area contributed by atoms with Crippen LogP contribution in [0, 0.1) is 5.92 Å². The van der Waals surface area contributed by atoms with E-state index in [0.717, 1.165) is 36.7 Å². The molecule has 0 aliphatic carbocycles. The Kier molecular flexibility index (Phi) is 4.62. The molecule has 3 aromatic heterocycles. The largest absolute Gasteiger partial charge is 0.361 e. The number of benzene rings is 1. The Labute approximate surface area is 164 Å². The van der Waals surface area contributed by atoms with Crippen LogP contribution in [0.1, 0.15) is 24.1 Å². The molecule has 4 aromatic rings. The predicted octanol–water partition coefficient (Wildman–Crippen LogP) is 3.80. The number of fused-ring (bicyclic) bond motifs is 1. The fourth-order valence-electron chi connectivity index (χ4n) is 4.25. The molecule has 0 radical (unpaired) electrons. The number of rotatable bonds is 5. The highest BCUT2D eigenvalue weighted by molar-refractivity contribution is 5.82. The van der Waals surface area contributed by atoms with E-state index < -0.39 is 0 Å². The van der Waals surface area contributed by atoms with Gasteiger partial charge in [0.2, 0.25) is 0 Å². The van der Waals surface area contributed by atoms with Crippen molar-refractivity contribution in [2.24, 2.45) is 5.92 Å². The molecule has 1 aliphatic rings. The first-order valence-corrected chi connectivity index (χ1v) is 9.93. The molecule has 0 saturated carbocycles. The molecule has 5 rings (SSSR count). The van der Waals surface area contributed by atoms with Crippen molar-refractivity contribution in [2.45, 2.75) is 25.8 Å². The van der Waals surface area contributed by atoms with Crippen molar-refractivity contribution < 1.29 is 0 Å². The molecule has 1 aliphatic heterocycles. The lowest BCUT2D eigenvalue weighted by Gasteiger charge is -2.32. The molecule has 0 spiro atoms. The third kappa shape index (κ3) is 3.55. The standard InChI is InChI=1S/C22H24N6/c1-2-6-20-19(5-1)17(11-26-20)15-28-9-3-4-16(14-28)10-18-12-27-21(13-25-18)22-23-7-8-24-22/h1-2,5-8,11-13,16,26H,3-4,9-10,14-15H2,(H,23,24). The molecule has 6 heteroatoms. The van der Waals surface area contributed by atoms with Crippen molar-refractivity contribution in [1.82, 2.24) is 29.8 Å². The Bertz CT molecular complexity index is 1030. The average Bonchev–Trinajstić information content (AvgIpc) is 3.40. The predicted molar refractivity (Wildman–Crippen MR) is 110 cm³/mol. The highest BCUT2D eigenvalue weighted by atomic mass is 15.1. The minimum atomic E-state index is 0.628. The van der Waals surface area contributed by atoms with Gasteiger partial charge >= 0.3 is 0 Å². The van der Waals surface area contributed by atoms with Gasteiger partial charge < -0.3 is 9.97 Å². The zero-order valence-corrected chi connectivity index (χ0v) is 15.8. The number of hydrogen-bond acceptors (Lipinski definition) is 4. The summed E-state index contributed by atoms with van der Waals surface area (Å²) in [7, 11) is 0. The highest BCUT2D eigenvalue weighted by Gasteiger charge is 2.21. The molecule has 0 amide bonds. The van der Waals surface area contributed by atoms with Crippen LogP contribution in [0.15, 0.2) is 55.2 Å². The van der Waals surface area contributed by atoms with Crippen LogP contribution in [0.2, 0.25) is 0 Å². The average molecular weight is 372 g/mol. The van der Waals surface area contributed by atoms with Gasteiger partial charge in [-0.15, -0.1) is 0 Å². The van der Waals surface area contributed by atoms with Crippen molar-refractivity contribution in [3.63, 3.8) is 0 Å². The number of hydrogen-bond donors (Lipinski definition) is 2. The number of nitrogens with one attached hydrogen (secondary N) is 2. The number of aromatic nitrogens is 5. The molecule has 6 nitrogen and oxygen atoms in total. The first-order valence-electron chi connectivity index (χ1n) is 9.93. The van der Waals surface area contributed by atoms with E-state index in [-0.39, 0.29) is 0 Å². The van der Waals surface area contributed by atoms with Gasteiger partial charge in [0.05, 0.1) is 11.9 Å². The topological polar surface area (TPSA) is 73.5 Å². The minimum absolute atomic E-state index is 0.628. The number of nitrogens with zero attached hydrogens (tertiary/aromatic N) is 4. The van der Waals surface area contributed by atoms with E-state index in [9.17, 15) is 0 Å². The quantitative estimate of drug-likeness (QED) is 0.559. The molecule has 4 heterocycles. The molecule has 1 fully saturated rings. The van der Waals surface area contributed by atoms with Crippen LogP contribution in [-0.2, 0) is 13.0 Å². The van der Waals surface area contributed by atoms with Gasteiger partial charge in [0.25, 0.3) is 0 Å². The van der Waals surface area contributed by atoms with Crippen LogP contribution >= 0.6 is 0 Å². The summed E-state index contributed by atoms with van der Waals surface area (Å²) in [5.74, 6) is 1.39. The molecule has 1 unspecified atom stereocenters. The maximum Gasteiger partial charge on any atom is 0.157 e. The van der Waals surface area contributed by atoms with Crippen LogP contribution in [0.4, 0.5) is 0 Å². The van der Waals surface area contributed by atoms with Crippen molar-refractivity contribution in [1.29, 1.82) is 0 Å². The lowest BCUT2D eigenvalue weighted by molar-refractivity contribution is 0.167. The van der Waals surface area contributed by atoms with Crippen LogP contribution in [0.5, 0.6) is 0 Å². The Hall–Kier alpha value is -2.99. The Balaban J connectivity index is 1.23. The number of piperidine rings is 1. The molecule has 0 bridgehead atoms. The first kappa shape index (κ1) is 17.1. The number of likely N-dealkylation sites (tertiary alicyclic amines) is 1. The summed E-state index contributed by atoms with van der Waals surface area (Å²) < 4.78 is 0. The van der Waals surface area contributed by atoms with Crippen molar-refractivity contribution in [3.8, 4) is 11.5 Å². The van der Waals surface area contributed by atoms with E-state index in [0.29, 0.717) is 5.92 Å². The lowest BCUT2D eigenvalue weighted by atomic mass is 9.93. The summed E-state index contributed by atoms with van der Waals surface area (Å²) in [6.07, 6.45) is 12.9. The Morgan fingerprint density at radius 1 is 1.07 bits per heavy atom. The van der Waals surface area contributed by atoms with E-state index in [1.54, 1.807) is 12.4 Å². The summed E-state index contributed by atoms with van der Waals surface area (Å²) in [5.41, 5.74) is 4.46. The monoisotopic (exact) mass is 372 g/mol. The second-order valence-electron chi connectivity index (χ2n) is 7.64. The molecule has 1 aromatic carbocycles. The first-order chi connectivity index (χ1) is 13.8. The van der Waals surface area contributed by atoms with Gasteiger partial charge in [-0.05, 0) is 43.4 Å². The van der Waals surface area contributed by atoms with Crippen LogP contribution in [0.3, 0.4) is 0 Å². The summed E-state index contributed by atoms with van der Waals surface area (Å²) in [4.78, 5) is 22.4. The smallest absolute Gasteiger partial charge is 0.157 e. The van der Waals surface area contributed by atoms with Crippen LogP contribution in [0.25, 0.3) is 22.4 Å². The summed E-state index contributed by atoms with van der Waals surface area (Å²) >= 11 is 0. The lowest BCUT2D eigenvalue weighted by Crippen LogP contribution is -2.35. The van der Waals surface area contributed by atoms with Gasteiger partial charge in [-0.1, -0.05) is 18.2 Å². The van der Waals surface area contributed by atoms with E-state index in [2.05, 4.69) is 60.3 Å². The van der Waals surface area contributed by atoms with Crippen molar-refractivity contribution in [2.75, 3.05) is 13.1 Å². The van der Waals surface area contributed by atoms with E-state index in [4.69, 9.17) is 0 Å². The molecule has 28 heavy (non-hydrogen) atoms. The summed E-state index contributed by atoms with van der Waals surface area (Å²) in [5, 5.41) is 1.34. The Morgan fingerprint density at radius 2 is 2.04 bits per heavy atom. The SMILES string of the molecule is c1ccc2c(CN3CCCC(Cc4cnc(-c5ncc[nH]5)cn4)C3)c[nH]c2c1. The fraction of sp³-hybridized carbons (Fsp3) is 0.318. The zero-order valence-electron chi connectivity index (χ0n) is 15.8. The number of aromatic amines is 2. The maximum atomic E-state index is 4.62. The van der Waals surface area contributed by atoms with Gasteiger partial charge in [-0.25, -0.2) is 9.97 Å². The van der Waals surface area contributed by atoms with Gasteiger partial charge in [-0.2, -0.15) is 0 Å². The third-order valence-electron chi connectivity index (χ3n) is 5.62. The normalized spacial score (nSPS) is 17.9. The summed E-state index contributed by atoms with van der Waals surface area (Å²) in [6, 6.07) is 8.54. The number of para-hydroxylation sites is 1. The second kappa shape index (κ2) is 7.56. The minimum Gasteiger partial charge on any atom is -0.361 e. The maximum absolute atomic E-state index is 4.62. The zero-order chi connectivity index (χ0) is 18.8. The van der Waals surface area contributed by atoms with E-state index in [1.165, 1.54) is 35.9 Å². The van der Waals surface area contributed by atoms with Gasteiger partial charge in [0, 0.05) is 48.8 Å². The molecule has 1 atom stereocenters. The van der Waals surface area contributed by atoms with Gasteiger partial charge in [-0.3, -0.25) is 9.88 Å². The van der Waals surface area contributed by atoms with Crippen molar-refractivity contribution >= 4 is 10.9 Å². The third-order valence-corrected chi connectivity index (χ3v) is 5.62. The summed E-state index contributed by atoms with van der Waals surface area (Å²) in [6.45, 7) is 3.28. The number of H-pyrrole nitrogens is 2. The van der Waals surface area contributed by atoms with E-state index in [1.807, 2.05) is 12.4 Å². The van der Waals surface area contributed by atoms with Crippen molar-refractivity contribution in [3.05, 3.63) is 66.5 Å². The molecule has 1 saturated heterocycles. The highest BCUT2D eigenvalue weighted by Crippen LogP contribution is 2.24. The molecular formula is C22H24N6. The molecule has 142 valence electrons. The van der Waals surface area contributed by atoms with Gasteiger partial charge in [0.15, 0.2) is 5.82 Å².